The Labute approximate surface area is 118 Å². The van der Waals surface area contributed by atoms with Crippen LogP contribution in [0.3, 0.4) is 0 Å². The van der Waals surface area contributed by atoms with Gasteiger partial charge in [0.05, 0.1) is 4.88 Å². The van der Waals surface area contributed by atoms with Crippen LogP contribution in [0.15, 0.2) is 24.3 Å². The first-order chi connectivity index (χ1) is 9.15. The molecule has 19 heavy (non-hydrogen) atoms. The van der Waals surface area contributed by atoms with Gasteiger partial charge in [-0.2, -0.15) is 0 Å². The van der Waals surface area contributed by atoms with Crippen molar-refractivity contribution in [3.63, 3.8) is 0 Å². The van der Waals surface area contributed by atoms with Gasteiger partial charge in [-0.15, -0.1) is 11.3 Å². The molecule has 1 aromatic heterocycles. The van der Waals surface area contributed by atoms with Crippen LogP contribution in [0, 0.1) is 13.8 Å². The summed E-state index contributed by atoms with van der Waals surface area (Å²) in [4.78, 5) is 15.0. The predicted molar refractivity (Wildman–Crippen MR) is 80.3 cm³/mol. The van der Waals surface area contributed by atoms with Gasteiger partial charge in [0.2, 0.25) is 5.78 Å². The van der Waals surface area contributed by atoms with E-state index < -0.39 is 0 Å². The maximum Gasteiger partial charge on any atom is 0.203 e. The van der Waals surface area contributed by atoms with Crippen LogP contribution in [-0.4, -0.2) is 5.78 Å². The molecule has 1 heterocycles. The van der Waals surface area contributed by atoms with Gasteiger partial charge in [0.15, 0.2) is 0 Å². The molecule has 1 aromatic carbocycles. The van der Waals surface area contributed by atoms with Crippen molar-refractivity contribution in [1.29, 1.82) is 0 Å². The molecule has 2 heteroatoms. The molecule has 0 atom stereocenters. The standard InChI is InChI=1S/C17H18OS/c1-11-7-8-14(12(2)9-11)17(18)16-10-13-5-3-4-6-15(13)19-16/h7-10H,3-6H2,1-2H3. The van der Waals surface area contributed by atoms with E-state index in [4.69, 9.17) is 0 Å². The number of ketones is 1. The molecule has 0 unspecified atom stereocenters. The third kappa shape index (κ3) is 2.37. The first-order valence-corrected chi connectivity index (χ1v) is 7.70. The Morgan fingerprint density at radius 2 is 1.89 bits per heavy atom. The van der Waals surface area contributed by atoms with Crippen LogP contribution in [0.5, 0.6) is 0 Å². The Hall–Kier alpha value is -1.41. The van der Waals surface area contributed by atoms with Gasteiger partial charge in [-0.3, -0.25) is 4.79 Å². The maximum absolute atomic E-state index is 12.6. The van der Waals surface area contributed by atoms with Crippen LogP contribution in [-0.2, 0) is 12.8 Å². The normalized spacial score (nSPS) is 14.2. The van der Waals surface area contributed by atoms with Gasteiger partial charge in [0.25, 0.3) is 0 Å². The zero-order valence-corrected chi connectivity index (χ0v) is 12.3. The minimum atomic E-state index is 0.192. The van der Waals surface area contributed by atoms with Gasteiger partial charge in [0, 0.05) is 10.4 Å². The molecule has 0 aliphatic heterocycles. The number of carbonyl (C=O) groups excluding carboxylic acids is 1. The highest BCUT2D eigenvalue weighted by molar-refractivity contribution is 7.14. The Kier molecular flexibility index (Phi) is 3.28. The number of hydrogen-bond acceptors (Lipinski definition) is 2. The molecule has 0 N–H and O–H groups in total. The van der Waals surface area contributed by atoms with E-state index in [0.717, 1.165) is 28.8 Å². The zero-order chi connectivity index (χ0) is 13.4. The number of benzene rings is 1. The van der Waals surface area contributed by atoms with E-state index >= 15 is 0 Å². The molecule has 0 bridgehead atoms. The summed E-state index contributed by atoms with van der Waals surface area (Å²) in [7, 11) is 0. The highest BCUT2D eigenvalue weighted by atomic mass is 32.1. The largest absolute Gasteiger partial charge is 0.288 e. The summed E-state index contributed by atoms with van der Waals surface area (Å²) in [5.74, 6) is 0.192. The minimum absolute atomic E-state index is 0.192. The van der Waals surface area contributed by atoms with Crippen LogP contribution >= 0.6 is 11.3 Å². The molecule has 0 amide bonds. The van der Waals surface area contributed by atoms with Gasteiger partial charge in [0.1, 0.15) is 0 Å². The summed E-state index contributed by atoms with van der Waals surface area (Å²) in [5, 5.41) is 0. The summed E-state index contributed by atoms with van der Waals surface area (Å²) in [6.07, 6.45) is 4.83. The van der Waals surface area contributed by atoms with Gasteiger partial charge in [-0.1, -0.05) is 23.8 Å². The average molecular weight is 270 g/mol. The lowest BCUT2D eigenvalue weighted by Crippen LogP contribution is -2.01. The van der Waals surface area contributed by atoms with Gasteiger partial charge >= 0.3 is 0 Å². The fraction of sp³-hybridized carbons (Fsp3) is 0.353. The second kappa shape index (κ2) is 4.93. The monoisotopic (exact) mass is 270 g/mol. The molecule has 1 aliphatic rings. The summed E-state index contributed by atoms with van der Waals surface area (Å²) < 4.78 is 0. The molecule has 2 aromatic rings. The van der Waals surface area contributed by atoms with Crippen molar-refractivity contribution >= 4 is 17.1 Å². The number of thiophene rings is 1. The third-order valence-electron chi connectivity index (χ3n) is 3.85. The summed E-state index contributed by atoms with van der Waals surface area (Å²) in [6.45, 7) is 4.08. The Balaban J connectivity index is 1.97. The van der Waals surface area contributed by atoms with Crippen molar-refractivity contribution in [2.75, 3.05) is 0 Å². The number of fused-ring (bicyclic) bond motifs is 1. The number of hydrogen-bond donors (Lipinski definition) is 0. The molecule has 3 rings (SSSR count). The van der Waals surface area contributed by atoms with Gasteiger partial charge in [-0.05, 0) is 56.7 Å². The van der Waals surface area contributed by atoms with Crippen molar-refractivity contribution < 1.29 is 4.79 Å². The maximum atomic E-state index is 12.6. The van der Waals surface area contributed by atoms with Crippen LogP contribution in [0.4, 0.5) is 0 Å². The van der Waals surface area contributed by atoms with E-state index in [1.165, 1.54) is 28.8 Å². The van der Waals surface area contributed by atoms with Crippen molar-refractivity contribution in [1.82, 2.24) is 0 Å². The van der Waals surface area contributed by atoms with E-state index in [2.05, 4.69) is 19.1 Å². The lowest BCUT2D eigenvalue weighted by molar-refractivity contribution is 0.104. The van der Waals surface area contributed by atoms with E-state index in [-0.39, 0.29) is 5.78 Å². The summed E-state index contributed by atoms with van der Waals surface area (Å²) >= 11 is 1.70. The van der Waals surface area contributed by atoms with Gasteiger partial charge < -0.3 is 0 Å². The topological polar surface area (TPSA) is 17.1 Å². The number of carbonyl (C=O) groups is 1. The lowest BCUT2D eigenvalue weighted by atomic mass is 9.97. The van der Waals surface area contributed by atoms with Crippen molar-refractivity contribution in [3.8, 4) is 0 Å². The van der Waals surface area contributed by atoms with E-state index in [9.17, 15) is 4.79 Å². The second-order valence-electron chi connectivity index (χ2n) is 5.41. The highest BCUT2D eigenvalue weighted by Crippen LogP contribution is 2.31. The molecular formula is C17H18OS. The fourth-order valence-corrected chi connectivity index (χ4v) is 4.01. The molecule has 0 radical (unpaired) electrons. The predicted octanol–water partition coefficient (Wildman–Crippen LogP) is 4.47. The van der Waals surface area contributed by atoms with Crippen LogP contribution < -0.4 is 0 Å². The molecule has 0 saturated heterocycles. The minimum Gasteiger partial charge on any atom is -0.288 e. The highest BCUT2D eigenvalue weighted by Gasteiger charge is 2.19. The second-order valence-corrected chi connectivity index (χ2v) is 6.55. The van der Waals surface area contributed by atoms with Crippen molar-refractivity contribution in [2.24, 2.45) is 0 Å². The average Bonchev–Trinajstić information content (AvgIpc) is 2.81. The SMILES string of the molecule is Cc1ccc(C(=O)c2cc3c(s2)CCCC3)c(C)c1. The van der Waals surface area contributed by atoms with E-state index in [1.807, 2.05) is 19.1 Å². The smallest absolute Gasteiger partial charge is 0.203 e. The van der Waals surface area contributed by atoms with Crippen molar-refractivity contribution in [2.45, 2.75) is 39.5 Å². The molecule has 1 nitrogen and oxygen atoms in total. The molecule has 98 valence electrons. The lowest BCUT2D eigenvalue weighted by Gasteiger charge is -2.08. The van der Waals surface area contributed by atoms with Crippen LogP contribution in [0.25, 0.3) is 0 Å². The molecular weight excluding hydrogens is 252 g/mol. The Morgan fingerprint density at radius 1 is 1.11 bits per heavy atom. The van der Waals surface area contributed by atoms with Crippen molar-refractivity contribution in [3.05, 3.63) is 56.3 Å². The summed E-state index contributed by atoms with van der Waals surface area (Å²) in [5.41, 5.74) is 4.55. The molecule has 0 saturated carbocycles. The van der Waals surface area contributed by atoms with Gasteiger partial charge in [-0.25, -0.2) is 0 Å². The molecule has 0 spiro atoms. The van der Waals surface area contributed by atoms with E-state index in [0.29, 0.717) is 0 Å². The van der Waals surface area contributed by atoms with Crippen LogP contribution in [0.1, 0.15) is 49.6 Å². The Bertz CT molecular complexity index is 613. The fourth-order valence-electron chi connectivity index (χ4n) is 2.80. The zero-order valence-electron chi connectivity index (χ0n) is 11.5. The Morgan fingerprint density at radius 3 is 2.63 bits per heavy atom. The first-order valence-electron chi connectivity index (χ1n) is 6.88. The molecule has 0 fully saturated rings. The quantitative estimate of drug-likeness (QED) is 0.736. The van der Waals surface area contributed by atoms with Crippen LogP contribution in [0.2, 0.25) is 0 Å². The third-order valence-corrected chi connectivity index (χ3v) is 5.08. The number of rotatable bonds is 2. The summed E-state index contributed by atoms with van der Waals surface area (Å²) in [6, 6.07) is 8.20. The number of aryl methyl sites for hydroxylation is 4. The first kappa shape index (κ1) is 12.6. The van der Waals surface area contributed by atoms with E-state index in [1.54, 1.807) is 11.3 Å². The molecule has 1 aliphatic carbocycles.